The molecule has 1 heterocycles. The van der Waals surface area contributed by atoms with Gasteiger partial charge in [-0.1, -0.05) is 66.2 Å². The molecule has 330 valence electrons. The van der Waals surface area contributed by atoms with Crippen LogP contribution in [0.4, 0.5) is 51.2 Å². The van der Waals surface area contributed by atoms with Crippen molar-refractivity contribution in [1.29, 1.82) is 0 Å². The molecule has 0 radical (unpaired) electrons. The molecule has 67 heavy (non-hydrogen) atoms. The van der Waals surface area contributed by atoms with Gasteiger partial charge < -0.3 is 14.7 Å². The highest BCUT2D eigenvalue weighted by atomic mass is 32.1. The van der Waals surface area contributed by atoms with Crippen molar-refractivity contribution in [2.45, 2.75) is 62.3 Å². The number of fused-ring (bicyclic) bond motifs is 3. The van der Waals surface area contributed by atoms with E-state index in [4.69, 9.17) is 0 Å². The molecule has 0 saturated heterocycles. The Morgan fingerprint density at radius 2 is 0.493 bits per heavy atom. The highest BCUT2D eigenvalue weighted by Gasteiger charge is 2.20. The van der Waals surface area contributed by atoms with Crippen LogP contribution < -0.4 is 14.7 Å². The van der Waals surface area contributed by atoms with Gasteiger partial charge in [-0.15, -0.1) is 11.3 Å². The Morgan fingerprint density at radius 3 is 0.791 bits per heavy atom. The van der Waals surface area contributed by atoms with Crippen molar-refractivity contribution in [2.75, 3.05) is 14.7 Å². The lowest BCUT2D eigenvalue weighted by Gasteiger charge is -2.27. The fourth-order valence-corrected chi connectivity index (χ4v) is 10.2. The van der Waals surface area contributed by atoms with Gasteiger partial charge in [0, 0.05) is 71.4 Å². The molecular formula is C63H57N3S. The topological polar surface area (TPSA) is 9.72 Å². The summed E-state index contributed by atoms with van der Waals surface area (Å²) in [4.78, 5) is 7.16. The predicted molar refractivity (Wildman–Crippen MR) is 291 cm³/mol. The number of anilines is 9. The van der Waals surface area contributed by atoms with E-state index in [1.807, 2.05) is 11.3 Å². The van der Waals surface area contributed by atoms with Crippen LogP contribution >= 0.6 is 11.3 Å². The van der Waals surface area contributed by atoms with Gasteiger partial charge in [-0.05, 0) is 239 Å². The van der Waals surface area contributed by atoms with Crippen LogP contribution in [0.2, 0.25) is 0 Å². The smallest absolute Gasteiger partial charge is 0.0468 e. The zero-order valence-corrected chi connectivity index (χ0v) is 40.9. The van der Waals surface area contributed by atoms with Crippen LogP contribution in [0, 0.1) is 62.3 Å². The number of aryl methyl sites for hydroxylation is 9. The fraction of sp³-hybridized carbons (Fsp3) is 0.143. The summed E-state index contributed by atoms with van der Waals surface area (Å²) in [5.41, 5.74) is 24.1. The largest absolute Gasteiger partial charge is 0.310 e. The second kappa shape index (κ2) is 17.8. The second-order valence-corrected chi connectivity index (χ2v) is 19.6. The van der Waals surface area contributed by atoms with Crippen molar-refractivity contribution in [1.82, 2.24) is 0 Å². The summed E-state index contributed by atoms with van der Waals surface area (Å²) in [5.74, 6) is 0. The number of rotatable bonds is 10. The number of nitrogens with zero attached hydrogens (tertiary/aromatic N) is 3. The number of hydrogen-bond acceptors (Lipinski definition) is 4. The molecule has 10 aromatic rings. The van der Waals surface area contributed by atoms with Gasteiger partial charge in [-0.25, -0.2) is 0 Å². The van der Waals surface area contributed by atoms with Crippen molar-refractivity contribution in [3.8, 4) is 11.1 Å². The summed E-state index contributed by atoms with van der Waals surface area (Å²) in [5, 5.41) is 2.51. The lowest BCUT2D eigenvalue weighted by atomic mass is 10.0. The Labute approximate surface area is 400 Å². The lowest BCUT2D eigenvalue weighted by Crippen LogP contribution is -2.11. The van der Waals surface area contributed by atoms with E-state index in [1.165, 1.54) is 81.4 Å². The average Bonchev–Trinajstić information content (AvgIpc) is 3.70. The molecule has 0 saturated carbocycles. The first-order valence-corrected chi connectivity index (χ1v) is 24.1. The van der Waals surface area contributed by atoms with Gasteiger partial charge >= 0.3 is 0 Å². The molecule has 0 atom stereocenters. The van der Waals surface area contributed by atoms with E-state index in [-0.39, 0.29) is 0 Å². The average molecular weight is 888 g/mol. The molecule has 4 heteroatoms. The van der Waals surface area contributed by atoms with Crippen LogP contribution in [0.15, 0.2) is 182 Å². The molecule has 0 spiro atoms. The molecule has 0 aliphatic carbocycles. The Hall–Kier alpha value is -7.40. The molecule has 0 aliphatic rings. The Kier molecular flexibility index (Phi) is 11.5. The summed E-state index contributed by atoms with van der Waals surface area (Å²) >= 11 is 1.86. The molecule has 0 unspecified atom stereocenters. The molecule has 0 bridgehead atoms. The zero-order valence-electron chi connectivity index (χ0n) is 40.1. The first-order valence-electron chi connectivity index (χ1n) is 23.3. The maximum atomic E-state index is 2.41. The van der Waals surface area contributed by atoms with Crippen LogP contribution in [-0.4, -0.2) is 0 Å². The van der Waals surface area contributed by atoms with Crippen molar-refractivity contribution in [3.63, 3.8) is 0 Å². The van der Waals surface area contributed by atoms with Crippen LogP contribution in [-0.2, 0) is 0 Å². The van der Waals surface area contributed by atoms with Gasteiger partial charge in [-0.2, -0.15) is 0 Å². The zero-order chi connectivity index (χ0) is 46.5. The molecule has 10 rings (SSSR count). The normalized spacial score (nSPS) is 11.4. The molecule has 1 aromatic heterocycles. The summed E-state index contributed by atoms with van der Waals surface area (Å²) in [7, 11) is 0. The lowest BCUT2D eigenvalue weighted by molar-refractivity contribution is 1.23. The molecule has 9 aromatic carbocycles. The van der Waals surface area contributed by atoms with E-state index in [0.717, 1.165) is 51.2 Å². The van der Waals surface area contributed by atoms with Crippen molar-refractivity contribution in [3.05, 3.63) is 232 Å². The minimum absolute atomic E-state index is 1.11. The first-order chi connectivity index (χ1) is 32.4. The Bertz CT molecular complexity index is 3400. The monoisotopic (exact) mass is 887 g/mol. The van der Waals surface area contributed by atoms with Gasteiger partial charge in [0.1, 0.15) is 0 Å². The number of benzene rings is 9. The second-order valence-electron chi connectivity index (χ2n) is 18.5. The molecule has 3 nitrogen and oxygen atoms in total. The molecule has 0 aliphatic heterocycles. The van der Waals surface area contributed by atoms with E-state index >= 15 is 0 Å². The van der Waals surface area contributed by atoms with Gasteiger partial charge in [-0.3, -0.25) is 0 Å². The third-order valence-corrected chi connectivity index (χ3v) is 15.0. The minimum Gasteiger partial charge on any atom is -0.310 e. The first kappa shape index (κ1) is 43.5. The van der Waals surface area contributed by atoms with E-state index in [2.05, 4.69) is 259 Å². The van der Waals surface area contributed by atoms with Crippen LogP contribution in [0.5, 0.6) is 0 Å². The molecular weight excluding hydrogens is 831 g/mol. The van der Waals surface area contributed by atoms with Crippen LogP contribution in [0.3, 0.4) is 0 Å². The summed E-state index contributed by atoms with van der Waals surface area (Å²) in [6.45, 7) is 19.7. The summed E-state index contributed by atoms with van der Waals surface area (Å²) in [6, 6.07) is 68.0. The SMILES string of the molecule is Cc1ccc(N(c2ccc(C)c(C)c2)c2ccc3sc4ccc(N(c5ccc(-c6ccc(N(c7ccc(C)c(C)c7)c7ccc(C)c(C)c7)cc6)cc5)c5ccc(C)c(C)c5)cc4c3c2)cc1. The van der Waals surface area contributed by atoms with Gasteiger partial charge in [0.25, 0.3) is 0 Å². The number of hydrogen-bond donors (Lipinski definition) is 0. The molecule has 0 N–H and O–H groups in total. The van der Waals surface area contributed by atoms with Gasteiger partial charge in [0.2, 0.25) is 0 Å². The fourth-order valence-electron chi connectivity index (χ4n) is 9.13. The summed E-state index contributed by atoms with van der Waals surface area (Å²) < 4.78 is 2.55. The van der Waals surface area contributed by atoms with Gasteiger partial charge in [0.05, 0.1) is 0 Å². The van der Waals surface area contributed by atoms with Crippen molar-refractivity contribution < 1.29 is 0 Å². The van der Waals surface area contributed by atoms with Crippen LogP contribution in [0.25, 0.3) is 31.3 Å². The number of thiophene rings is 1. The summed E-state index contributed by atoms with van der Waals surface area (Å²) in [6.07, 6.45) is 0. The van der Waals surface area contributed by atoms with E-state index in [1.54, 1.807) is 0 Å². The highest BCUT2D eigenvalue weighted by Crippen LogP contribution is 2.45. The predicted octanol–water partition coefficient (Wildman–Crippen LogP) is 18.9. The van der Waals surface area contributed by atoms with Crippen molar-refractivity contribution in [2.24, 2.45) is 0 Å². The molecule has 0 amide bonds. The molecule has 0 fully saturated rings. The van der Waals surface area contributed by atoms with E-state index < -0.39 is 0 Å². The van der Waals surface area contributed by atoms with Crippen molar-refractivity contribution >= 4 is 82.7 Å². The third kappa shape index (κ3) is 8.50. The maximum absolute atomic E-state index is 2.41. The van der Waals surface area contributed by atoms with Gasteiger partial charge in [0.15, 0.2) is 0 Å². The Morgan fingerprint density at radius 1 is 0.239 bits per heavy atom. The Balaban J connectivity index is 1.02. The quantitative estimate of drug-likeness (QED) is 0.135. The minimum atomic E-state index is 1.11. The van der Waals surface area contributed by atoms with E-state index in [0.29, 0.717) is 0 Å². The highest BCUT2D eigenvalue weighted by molar-refractivity contribution is 7.25. The maximum Gasteiger partial charge on any atom is 0.0468 e. The standard InChI is InChI=1S/C63H57N3S/c1-40-10-20-51(21-11-40)65(56-24-14-43(4)47(8)36-56)58-30-32-62-60(38-58)61-39-59(31-33-63(61)67-62)66(57-25-15-44(5)48(9)37-57)53-28-18-50(19-29-53)49-16-26-52(27-17-49)64(54-22-12-41(2)45(6)34-54)55-23-13-42(3)46(7)35-55/h10-39H,1-9H3. The third-order valence-electron chi connectivity index (χ3n) is 13.8. The van der Waals surface area contributed by atoms with Crippen LogP contribution in [0.1, 0.15) is 50.1 Å². The van der Waals surface area contributed by atoms with E-state index in [9.17, 15) is 0 Å².